The zero-order valence-corrected chi connectivity index (χ0v) is 27.8. The first kappa shape index (κ1) is 32.4. The Kier molecular flexibility index (Phi) is 9.69. The molecule has 47 heavy (non-hydrogen) atoms. The number of thiophene rings is 2. The highest BCUT2D eigenvalue weighted by atomic mass is 35.5. The summed E-state index contributed by atoms with van der Waals surface area (Å²) in [5.41, 5.74) is 5.04. The molecule has 0 aliphatic carbocycles. The van der Waals surface area contributed by atoms with Crippen LogP contribution in [0.4, 0.5) is 0 Å². The van der Waals surface area contributed by atoms with Crippen molar-refractivity contribution in [2.45, 2.75) is 50.3 Å². The molecule has 236 valence electrons. The van der Waals surface area contributed by atoms with Crippen LogP contribution in [-0.4, -0.2) is 19.6 Å². The van der Waals surface area contributed by atoms with Crippen molar-refractivity contribution >= 4 is 35.1 Å². The zero-order chi connectivity index (χ0) is 31.4. The fraction of sp³-hybridized carbons (Fsp3) is 0.222. The van der Waals surface area contributed by atoms with E-state index in [1.54, 1.807) is 35.1 Å². The van der Waals surface area contributed by atoms with E-state index < -0.39 is 11.2 Å². The van der Waals surface area contributed by atoms with E-state index in [1.807, 2.05) is 70.3 Å². The van der Waals surface area contributed by atoms with Gasteiger partial charge in [-0.05, 0) is 81.5 Å². The largest absolute Gasteiger partial charge is 0.360 e. The average Bonchev–Trinajstić information content (AvgIpc) is 3.95. The quantitative estimate of drug-likeness (QED) is 0.163. The monoisotopic (exact) mass is 678 g/mol. The van der Waals surface area contributed by atoms with Gasteiger partial charge in [-0.1, -0.05) is 24.3 Å². The van der Waals surface area contributed by atoms with Crippen LogP contribution in [0.15, 0.2) is 108 Å². The summed E-state index contributed by atoms with van der Waals surface area (Å²) < 4.78 is 16.5. The lowest BCUT2D eigenvalue weighted by Crippen LogP contribution is -2.27. The van der Waals surface area contributed by atoms with Gasteiger partial charge < -0.3 is 9.47 Å². The van der Waals surface area contributed by atoms with Crippen molar-refractivity contribution in [1.82, 2.24) is 19.6 Å². The number of aromatic nitrogens is 4. The van der Waals surface area contributed by atoms with Gasteiger partial charge in [0.25, 0.3) is 0 Å². The predicted molar refractivity (Wildman–Crippen MR) is 183 cm³/mol. The van der Waals surface area contributed by atoms with E-state index in [4.69, 9.17) is 20.0 Å². The number of aryl methyl sites for hydroxylation is 2. The van der Waals surface area contributed by atoms with Crippen LogP contribution in [-0.2, 0) is 47.0 Å². The van der Waals surface area contributed by atoms with Gasteiger partial charge in [-0.25, -0.2) is 0 Å². The second-order valence-corrected chi connectivity index (χ2v) is 13.1. The third kappa shape index (κ3) is 6.27. The molecule has 0 amide bonds. The summed E-state index contributed by atoms with van der Waals surface area (Å²) in [5.74, 6) is 0. The molecule has 0 N–H and O–H groups in total. The first-order valence-electron chi connectivity index (χ1n) is 15.0. The number of nitrogens with zero attached hydrogens (tertiary/aromatic N) is 6. The number of nitriles is 2. The molecule has 6 heterocycles. The zero-order valence-electron chi connectivity index (χ0n) is 25.4. The molecule has 4 aromatic heterocycles. The number of ether oxygens (including phenoxy) is 2. The lowest BCUT2D eigenvalue weighted by molar-refractivity contribution is -0.0126. The van der Waals surface area contributed by atoms with Gasteiger partial charge in [0.1, 0.15) is 11.2 Å². The molecule has 6 aromatic rings. The van der Waals surface area contributed by atoms with Gasteiger partial charge in [0.15, 0.2) is 0 Å². The summed E-state index contributed by atoms with van der Waals surface area (Å²) in [6.07, 6.45) is 9.15. The Morgan fingerprint density at radius 2 is 1.15 bits per heavy atom. The maximum absolute atomic E-state index is 9.11. The Bertz CT molecular complexity index is 1850. The van der Waals surface area contributed by atoms with Crippen molar-refractivity contribution in [2.24, 2.45) is 0 Å². The van der Waals surface area contributed by atoms with E-state index in [9.17, 15) is 0 Å². The Morgan fingerprint density at radius 3 is 1.51 bits per heavy atom. The molecule has 8 nitrogen and oxygen atoms in total. The SMILES string of the molecule is Cl.N#Cc1ccc2c(c1)COC2(CCn1cccn1)c1cccs1.N#Cc1ccc2c(c1)COC2(CCn1cccn1)c1cccs1. The summed E-state index contributed by atoms with van der Waals surface area (Å²) in [4.78, 5) is 2.40. The molecular weight excluding hydrogens is 648 g/mol. The van der Waals surface area contributed by atoms with E-state index in [2.05, 4.69) is 57.4 Å². The predicted octanol–water partition coefficient (Wildman–Crippen LogP) is 7.78. The van der Waals surface area contributed by atoms with Gasteiger partial charge in [-0.3, -0.25) is 9.36 Å². The van der Waals surface area contributed by atoms with Crippen molar-refractivity contribution in [3.63, 3.8) is 0 Å². The smallest absolute Gasteiger partial charge is 0.130 e. The number of hydrogen-bond acceptors (Lipinski definition) is 8. The number of fused-ring (bicyclic) bond motifs is 2. The Hall–Kier alpha value is -4.55. The van der Waals surface area contributed by atoms with Crippen LogP contribution in [0.3, 0.4) is 0 Å². The summed E-state index contributed by atoms with van der Waals surface area (Å²) >= 11 is 3.42. The fourth-order valence-corrected chi connectivity index (χ4v) is 8.25. The van der Waals surface area contributed by atoms with Gasteiger partial charge in [0.2, 0.25) is 0 Å². The fourth-order valence-electron chi connectivity index (χ4n) is 6.40. The molecule has 0 saturated heterocycles. The molecule has 2 aromatic carbocycles. The maximum atomic E-state index is 9.11. The van der Waals surface area contributed by atoms with E-state index in [0.717, 1.165) is 37.1 Å². The molecule has 2 aliphatic rings. The minimum Gasteiger partial charge on any atom is -0.360 e. The maximum Gasteiger partial charge on any atom is 0.130 e. The van der Waals surface area contributed by atoms with Crippen LogP contribution in [0.25, 0.3) is 0 Å². The average molecular weight is 679 g/mol. The molecule has 2 aliphatic heterocycles. The van der Waals surface area contributed by atoms with Crippen molar-refractivity contribution in [1.29, 1.82) is 10.5 Å². The summed E-state index contributed by atoms with van der Waals surface area (Å²) in [6.45, 7) is 2.65. The van der Waals surface area contributed by atoms with Crippen molar-refractivity contribution in [3.05, 3.63) is 151 Å². The van der Waals surface area contributed by atoms with Crippen LogP contribution in [0.5, 0.6) is 0 Å². The number of halogens is 1. The summed E-state index contributed by atoms with van der Waals surface area (Å²) in [5, 5.41) is 31.0. The lowest BCUT2D eigenvalue weighted by Gasteiger charge is -2.29. The lowest BCUT2D eigenvalue weighted by atomic mass is 9.87. The van der Waals surface area contributed by atoms with Gasteiger partial charge in [0, 0.05) is 60.5 Å². The molecule has 11 heteroatoms. The molecule has 0 bridgehead atoms. The third-order valence-corrected chi connectivity index (χ3v) is 10.7. The minimum absolute atomic E-state index is 0. The minimum atomic E-state index is -0.441. The van der Waals surface area contributed by atoms with Crippen LogP contribution in [0.1, 0.15) is 56.0 Å². The van der Waals surface area contributed by atoms with E-state index >= 15 is 0 Å². The topological polar surface area (TPSA) is 102 Å². The number of benzene rings is 2. The van der Waals surface area contributed by atoms with E-state index in [0.29, 0.717) is 24.3 Å². The molecule has 2 atom stereocenters. The number of rotatable bonds is 8. The van der Waals surface area contributed by atoms with Crippen molar-refractivity contribution in [3.8, 4) is 12.1 Å². The highest BCUT2D eigenvalue weighted by Gasteiger charge is 2.43. The first-order chi connectivity index (χ1) is 22.6. The standard InChI is InChI=1S/2C18H15N3OS.ClH/c2*19-12-14-4-5-16-15(11-14)13-22-18(16,17-3-1-10-23-17)6-9-21-8-2-7-20-21;/h2*1-5,7-8,10-11H,6,9,13H2;1H. The van der Waals surface area contributed by atoms with E-state index in [-0.39, 0.29) is 12.4 Å². The molecule has 0 fully saturated rings. The summed E-state index contributed by atoms with van der Waals surface area (Å²) in [7, 11) is 0. The van der Waals surface area contributed by atoms with Crippen LogP contribution < -0.4 is 0 Å². The van der Waals surface area contributed by atoms with Gasteiger partial charge in [-0.2, -0.15) is 20.7 Å². The first-order valence-corrected chi connectivity index (χ1v) is 16.8. The second-order valence-electron chi connectivity index (χ2n) is 11.2. The molecule has 0 radical (unpaired) electrons. The molecule has 8 rings (SSSR count). The second kappa shape index (κ2) is 14.1. The molecule has 0 spiro atoms. The Labute approximate surface area is 287 Å². The van der Waals surface area contributed by atoms with E-state index in [1.165, 1.54) is 20.9 Å². The van der Waals surface area contributed by atoms with Crippen molar-refractivity contribution < 1.29 is 9.47 Å². The van der Waals surface area contributed by atoms with Crippen molar-refractivity contribution in [2.75, 3.05) is 0 Å². The molecular formula is C36H31ClN6O2S2. The highest BCUT2D eigenvalue weighted by molar-refractivity contribution is 7.10. The normalized spacial score (nSPS) is 19.0. The van der Waals surface area contributed by atoms with Crippen LogP contribution in [0, 0.1) is 22.7 Å². The van der Waals surface area contributed by atoms with Crippen LogP contribution in [0.2, 0.25) is 0 Å². The number of hydrogen-bond donors (Lipinski definition) is 0. The van der Waals surface area contributed by atoms with Crippen LogP contribution >= 0.6 is 35.1 Å². The summed E-state index contributed by atoms with van der Waals surface area (Å²) in [6, 6.07) is 28.4. The van der Waals surface area contributed by atoms with Gasteiger partial charge in [0.05, 0.1) is 36.5 Å². The molecule has 0 saturated carbocycles. The molecule has 2 unspecified atom stereocenters. The van der Waals surface area contributed by atoms with Gasteiger partial charge >= 0.3 is 0 Å². The highest BCUT2D eigenvalue weighted by Crippen LogP contribution is 2.48. The van der Waals surface area contributed by atoms with Gasteiger partial charge in [-0.15, -0.1) is 35.1 Å². The Balaban J connectivity index is 0.000000161. The third-order valence-electron chi connectivity index (χ3n) is 8.63. The Morgan fingerprint density at radius 1 is 0.681 bits per heavy atom.